The number of carbonyl (C=O) groups is 3. The third kappa shape index (κ3) is 5.81. The minimum atomic E-state index is -0.915. The summed E-state index contributed by atoms with van der Waals surface area (Å²) in [7, 11) is 0. The summed E-state index contributed by atoms with van der Waals surface area (Å²) in [5.41, 5.74) is 2.04. The Morgan fingerprint density at radius 1 is 1.09 bits per heavy atom. The molecule has 4 rings (SSSR count). The molecule has 0 fully saturated rings. The van der Waals surface area contributed by atoms with Gasteiger partial charge in [-0.15, -0.1) is 0 Å². The molecule has 0 radical (unpaired) electrons. The second-order valence-corrected chi connectivity index (χ2v) is 8.33. The maximum Gasteiger partial charge on any atom is 0.328 e. The highest BCUT2D eigenvalue weighted by molar-refractivity contribution is 6.30. The first kappa shape index (κ1) is 22.6. The number of benzene rings is 2. The summed E-state index contributed by atoms with van der Waals surface area (Å²) < 4.78 is 7.39. The molecule has 0 saturated carbocycles. The van der Waals surface area contributed by atoms with Gasteiger partial charge in [0, 0.05) is 35.1 Å². The Morgan fingerprint density at radius 3 is 2.58 bits per heavy atom. The number of nitrogens with zero attached hydrogens (tertiary/aromatic N) is 1. The number of ether oxygens (including phenoxy) is 1. The first-order valence-electron chi connectivity index (χ1n) is 10.7. The Bertz CT molecular complexity index is 1130. The number of esters is 1. The number of amides is 2. The van der Waals surface area contributed by atoms with Crippen LogP contribution < -0.4 is 10.6 Å². The van der Waals surface area contributed by atoms with E-state index < -0.39 is 17.9 Å². The van der Waals surface area contributed by atoms with Gasteiger partial charge in [-0.2, -0.15) is 0 Å². The lowest BCUT2D eigenvalue weighted by Gasteiger charge is -2.28. The predicted molar refractivity (Wildman–Crippen MR) is 125 cm³/mol. The van der Waals surface area contributed by atoms with E-state index in [4.69, 9.17) is 16.3 Å². The van der Waals surface area contributed by atoms with Gasteiger partial charge in [0.1, 0.15) is 12.6 Å². The van der Waals surface area contributed by atoms with E-state index >= 15 is 0 Å². The Labute approximate surface area is 196 Å². The topological polar surface area (TPSA) is 89.4 Å². The average molecular weight is 466 g/mol. The summed E-state index contributed by atoms with van der Waals surface area (Å²) >= 11 is 5.92. The molecule has 1 aliphatic rings. The molecule has 0 aliphatic carbocycles. The normalized spacial score (nSPS) is 15.8. The monoisotopic (exact) mass is 465 g/mol. The maximum atomic E-state index is 13.0. The number of hydrogen-bond donors (Lipinski definition) is 2. The molecule has 2 aromatic carbocycles. The number of fused-ring (bicyclic) bond motifs is 1. The quantitative estimate of drug-likeness (QED) is 0.492. The van der Waals surface area contributed by atoms with Crippen LogP contribution in [0.4, 0.5) is 5.69 Å². The first-order chi connectivity index (χ1) is 16.0. The van der Waals surface area contributed by atoms with Crippen molar-refractivity contribution in [3.63, 3.8) is 0 Å². The fraction of sp³-hybridized carbons (Fsp3) is 0.240. The van der Waals surface area contributed by atoms with Crippen LogP contribution in [0.3, 0.4) is 0 Å². The van der Waals surface area contributed by atoms with Gasteiger partial charge in [0.25, 0.3) is 5.91 Å². The van der Waals surface area contributed by atoms with Gasteiger partial charge in [-0.3, -0.25) is 9.59 Å². The summed E-state index contributed by atoms with van der Waals surface area (Å²) in [4.78, 5) is 38.1. The van der Waals surface area contributed by atoms with Crippen molar-refractivity contribution in [3.05, 3.63) is 89.2 Å². The van der Waals surface area contributed by atoms with Gasteiger partial charge in [0.05, 0.1) is 6.54 Å². The van der Waals surface area contributed by atoms with E-state index in [1.807, 2.05) is 53.4 Å². The molecule has 33 heavy (non-hydrogen) atoms. The summed E-state index contributed by atoms with van der Waals surface area (Å²) in [6.45, 7) is 0.674. The second kappa shape index (κ2) is 10.4. The number of halogens is 1. The number of para-hydroxylation sites is 1. The van der Waals surface area contributed by atoms with E-state index in [-0.39, 0.29) is 31.3 Å². The lowest BCUT2D eigenvalue weighted by molar-refractivity contribution is -0.146. The van der Waals surface area contributed by atoms with Crippen molar-refractivity contribution < 1.29 is 19.1 Å². The van der Waals surface area contributed by atoms with Crippen molar-refractivity contribution in [3.8, 4) is 0 Å². The van der Waals surface area contributed by atoms with Crippen molar-refractivity contribution in [2.45, 2.75) is 31.3 Å². The number of anilines is 1. The molecule has 2 atom stereocenters. The van der Waals surface area contributed by atoms with Gasteiger partial charge >= 0.3 is 5.97 Å². The van der Waals surface area contributed by atoms with Crippen molar-refractivity contribution in [2.75, 3.05) is 11.9 Å². The lowest BCUT2D eigenvalue weighted by Crippen LogP contribution is -2.43. The number of carbonyl (C=O) groups excluding carboxylic acids is 3. The van der Waals surface area contributed by atoms with Crippen LogP contribution in [0.5, 0.6) is 0 Å². The highest BCUT2D eigenvalue weighted by Gasteiger charge is 2.32. The molecular formula is C25H24ClN3O4. The highest BCUT2D eigenvalue weighted by atomic mass is 35.5. The van der Waals surface area contributed by atoms with Crippen LogP contribution in [0.25, 0.3) is 0 Å². The van der Waals surface area contributed by atoms with E-state index in [2.05, 4.69) is 10.6 Å². The van der Waals surface area contributed by atoms with Crippen molar-refractivity contribution in [1.29, 1.82) is 0 Å². The molecule has 0 spiro atoms. The van der Waals surface area contributed by atoms with Gasteiger partial charge in [0.2, 0.25) is 5.91 Å². The van der Waals surface area contributed by atoms with Gasteiger partial charge in [-0.25, -0.2) is 4.79 Å². The minimum absolute atomic E-state index is 0.123. The fourth-order valence-corrected chi connectivity index (χ4v) is 4.05. The lowest BCUT2D eigenvalue weighted by atomic mass is 9.85. The van der Waals surface area contributed by atoms with Crippen LogP contribution >= 0.6 is 11.6 Å². The van der Waals surface area contributed by atoms with Crippen molar-refractivity contribution in [1.82, 2.24) is 9.88 Å². The average Bonchev–Trinajstić information content (AvgIpc) is 3.32. The van der Waals surface area contributed by atoms with Crippen molar-refractivity contribution in [2.24, 2.45) is 0 Å². The molecule has 0 bridgehead atoms. The molecule has 2 amide bonds. The molecular weight excluding hydrogens is 442 g/mol. The SMILES string of the molecule is O=C1CC(CC(NC(=O)c2ccc(Cl)cc2)C(=O)OCCn2cccc2)c2ccccc2N1. The summed E-state index contributed by atoms with van der Waals surface area (Å²) in [5, 5.41) is 6.16. The Balaban J connectivity index is 1.50. The number of hydrogen-bond acceptors (Lipinski definition) is 4. The van der Waals surface area contributed by atoms with E-state index in [0.29, 0.717) is 17.1 Å². The van der Waals surface area contributed by atoms with Gasteiger partial charge in [-0.1, -0.05) is 29.8 Å². The van der Waals surface area contributed by atoms with Gasteiger partial charge in [-0.05, 0) is 60.4 Å². The molecule has 2 N–H and O–H groups in total. The molecule has 7 nitrogen and oxygen atoms in total. The first-order valence-corrected chi connectivity index (χ1v) is 11.1. The molecule has 8 heteroatoms. The number of nitrogens with one attached hydrogen (secondary N) is 2. The standard InChI is InChI=1S/C25H24ClN3O4/c26-19-9-7-17(8-10-19)24(31)28-22(25(32)33-14-13-29-11-3-4-12-29)15-18-16-23(30)27-21-6-2-1-5-20(18)21/h1-12,18,22H,13-16H2,(H,27,30)(H,28,31). The Morgan fingerprint density at radius 2 is 1.82 bits per heavy atom. The van der Waals surface area contributed by atoms with E-state index in [1.165, 1.54) is 0 Å². The Hall–Kier alpha value is -3.58. The smallest absolute Gasteiger partial charge is 0.328 e. The van der Waals surface area contributed by atoms with Crippen LogP contribution in [-0.2, 0) is 20.9 Å². The number of aromatic nitrogens is 1. The molecule has 1 aromatic heterocycles. The van der Waals surface area contributed by atoms with Crippen molar-refractivity contribution >= 4 is 35.1 Å². The maximum absolute atomic E-state index is 13.0. The van der Waals surface area contributed by atoms with Crippen LogP contribution in [0.2, 0.25) is 5.02 Å². The van der Waals surface area contributed by atoms with E-state index in [0.717, 1.165) is 11.3 Å². The van der Waals surface area contributed by atoms with E-state index in [1.54, 1.807) is 24.3 Å². The van der Waals surface area contributed by atoms with Gasteiger partial charge < -0.3 is 19.9 Å². The zero-order chi connectivity index (χ0) is 23.2. The zero-order valence-electron chi connectivity index (χ0n) is 17.9. The summed E-state index contributed by atoms with van der Waals surface area (Å²) in [6, 6.07) is 16.8. The van der Waals surface area contributed by atoms with E-state index in [9.17, 15) is 14.4 Å². The van der Waals surface area contributed by atoms with Crippen LogP contribution in [0, 0.1) is 0 Å². The third-order valence-corrected chi connectivity index (χ3v) is 5.83. The molecule has 2 unspecified atom stereocenters. The molecule has 2 heterocycles. The largest absolute Gasteiger partial charge is 0.462 e. The van der Waals surface area contributed by atoms with Crippen LogP contribution in [0.1, 0.15) is 34.7 Å². The Kier molecular flexibility index (Phi) is 7.10. The van der Waals surface area contributed by atoms with Crippen LogP contribution in [0.15, 0.2) is 73.1 Å². The highest BCUT2D eigenvalue weighted by Crippen LogP contribution is 2.35. The molecule has 3 aromatic rings. The summed E-state index contributed by atoms with van der Waals surface area (Å²) in [6.07, 6.45) is 4.23. The number of rotatable bonds is 8. The molecule has 1 aliphatic heterocycles. The summed E-state index contributed by atoms with van der Waals surface area (Å²) in [5.74, 6) is -1.30. The van der Waals surface area contributed by atoms with Gasteiger partial charge in [0.15, 0.2) is 0 Å². The fourth-order valence-electron chi connectivity index (χ4n) is 3.93. The predicted octanol–water partition coefficient (Wildman–Crippen LogP) is 4.00. The minimum Gasteiger partial charge on any atom is -0.462 e. The second-order valence-electron chi connectivity index (χ2n) is 7.89. The molecule has 0 saturated heterocycles. The van der Waals surface area contributed by atoms with Crippen LogP contribution in [-0.4, -0.2) is 35.0 Å². The third-order valence-electron chi connectivity index (χ3n) is 5.58. The zero-order valence-corrected chi connectivity index (χ0v) is 18.6. The molecule has 170 valence electrons.